The molecule has 1 atom stereocenters. The SMILES string of the molecule is Cc1nc2c(cc(OCC(=O)N[C@H](C)C(N)=O)c3ccsc32)s1. The van der Waals surface area contributed by atoms with Crippen LogP contribution in [-0.4, -0.2) is 29.4 Å². The summed E-state index contributed by atoms with van der Waals surface area (Å²) in [4.78, 5) is 27.3. The van der Waals surface area contributed by atoms with E-state index in [1.54, 1.807) is 22.7 Å². The number of hydrogen-bond acceptors (Lipinski definition) is 6. The lowest BCUT2D eigenvalue weighted by molar-refractivity contribution is -0.128. The van der Waals surface area contributed by atoms with Gasteiger partial charge in [0.25, 0.3) is 5.91 Å². The maximum Gasteiger partial charge on any atom is 0.258 e. The minimum Gasteiger partial charge on any atom is -0.483 e. The van der Waals surface area contributed by atoms with Crippen molar-refractivity contribution in [1.29, 1.82) is 0 Å². The largest absolute Gasteiger partial charge is 0.483 e. The number of nitrogens with zero attached hydrogens (tertiary/aromatic N) is 1. The molecule has 0 saturated heterocycles. The Hall–Kier alpha value is -2.19. The third-order valence-electron chi connectivity index (χ3n) is 3.33. The number of benzene rings is 1. The molecule has 0 aliphatic heterocycles. The van der Waals surface area contributed by atoms with Crippen molar-refractivity contribution in [3.05, 3.63) is 22.5 Å². The fourth-order valence-electron chi connectivity index (χ4n) is 2.20. The molecule has 0 spiro atoms. The van der Waals surface area contributed by atoms with Gasteiger partial charge in [0.15, 0.2) is 6.61 Å². The third-order valence-corrected chi connectivity index (χ3v) is 5.17. The molecule has 2 heterocycles. The molecule has 2 aromatic heterocycles. The van der Waals surface area contributed by atoms with Crippen molar-refractivity contribution < 1.29 is 14.3 Å². The number of aryl methyl sites for hydroxylation is 1. The van der Waals surface area contributed by atoms with E-state index < -0.39 is 11.9 Å². The van der Waals surface area contributed by atoms with Gasteiger partial charge in [-0.25, -0.2) is 4.98 Å². The number of primary amides is 1. The summed E-state index contributed by atoms with van der Waals surface area (Å²) in [7, 11) is 0. The standard InChI is InChI=1S/C15H15N3O3S2/c1-7(15(16)20)17-12(19)6-21-10-5-11-13(18-8(2)23-11)14-9(10)3-4-22-14/h3-5,7H,6H2,1-2H3,(H2,16,20)(H,17,19)/t7-/m1/s1. The van der Waals surface area contributed by atoms with Crippen LogP contribution in [0.5, 0.6) is 5.75 Å². The molecular weight excluding hydrogens is 334 g/mol. The van der Waals surface area contributed by atoms with E-state index in [1.807, 2.05) is 24.4 Å². The van der Waals surface area contributed by atoms with Crippen LogP contribution in [0.1, 0.15) is 11.9 Å². The number of fused-ring (bicyclic) bond motifs is 3. The van der Waals surface area contributed by atoms with E-state index in [-0.39, 0.29) is 12.5 Å². The fourth-order valence-corrected chi connectivity index (χ4v) is 4.04. The van der Waals surface area contributed by atoms with Crippen molar-refractivity contribution in [2.75, 3.05) is 6.61 Å². The van der Waals surface area contributed by atoms with Gasteiger partial charge in [-0.2, -0.15) is 0 Å². The minimum absolute atomic E-state index is 0.175. The molecule has 3 N–H and O–H groups in total. The maximum absolute atomic E-state index is 11.8. The molecular formula is C15H15N3O3S2. The lowest BCUT2D eigenvalue weighted by atomic mass is 10.2. The maximum atomic E-state index is 11.8. The van der Waals surface area contributed by atoms with Crippen LogP contribution in [0.3, 0.4) is 0 Å². The second-order valence-electron chi connectivity index (χ2n) is 5.10. The number of thiophene rings is 1. The highest BCUT2D eigenvalue weighted by molar-refractivity contribution is 7.21. The van der Waals surface area contributed by atoms with Crippen LogP contribution in [0.2, 0.25) is 0 Å². The Morgan fingerprint density at radius 1 is 1.48 bits per heavy atom. The Morgan fingerprint density at radius 3 is 3.00 bits per heavy atom. The van der Waals surface area contributed by atoms with E-state index in [9.17, 15) is 9.59 Å². The normalized spacial score (nSPS) is 12.4. The molecule has 0 bridgehead atoms. The van der Waals surface area contributed by atoms with Crippen molar-refractivity contribution in [1.82, 2.24) is 10.3 Å². The molecule has 1 aromatic carbocycles. The summed E-state index contributed by atoms with van der Waals surface area (Å²) < 4.78 is 7.73. The molecule has 0 fully saturated rings. The first kappa shape index (κ1) is 15.7. The summed E-state index contributed by atoms with van der Waals surface area (Å²) in [6.45, 7) is 3.32. The second-order valence-corrected chi connectivity index (χ2v) is 7.25. The number of carbonyl (C=O) groups is 2. The number of ether oxygens (including phenoxy) is 1. The molecule has 0 saturated carbocycles. The zero-order chi connectivity index (χ0) is 16.6. The zero-order valence-corrected chi connectivity index (χ0v) is 14.2. The Bertz CT molecular complexity index is 900. The molecule has 2 amide bonds. The van der Waals surface area contributed by atoms with Gasteiger partial charge in [-0.05, 0) is 25.3 Å². The molecule has 120 valence electrons. The van der Waals surface area contributed by atoms with Gasteiger partial charge in [0.2, 0.25) is 5.91 Å². The summed E-state index contributed by atoms with van der Waals surface area (Å²) in [6, 6.07) is 3.13. The molecule has 23 heavy (non-hydrogen) atoms. The number of thiazole rings is 1. The van der Waals surface area contributed by atoms with Gasteiger partial charge < -0.3 is 15.8 Å². The number of rotatable bonds is 5. The first-order chi connectivity index (χ1) is 11.0. The average molecular weight is 349 g/mol. The van der Waals surface area contributed by atoms with E-state index in [2.05, 4.69) is 10.3 Å². The van der Waals surface area contributed by atoms with Gasteiger partial charge in [0.1, 0.15) is 11.8 Å². The van der Waals surface area contributed by atoms with Crippen LogP contribution >= 0.6 is 22.7 Å². The zero-order valence-electron chi connectivity index (χ0n) is 12.6. The molecule has 3 rings (SSSR count). The summed E-state index contributed by atoms with van der Waals surface area (Å²) in [6.07, 6.45) is 0. The van der Waals surface area contributed by atoms with Gasteiger partial charge >= 0.3 is 0 Å². The van der Waals surface area contributed by atoms with Crippen molar-refractivity contribution in [3.63, 3.8) is 0 Å². The number of aromatic nitrogens is 1. The molecule has 8 heteroatoms. The number of nitrogens with one attached hydrogen (secondary N) is 1. The summed E-state index contributed by atoms with van der Waals surface area (Å²) in [5.74, 6) is -0.334. The molecule has 0 radical (unpaired) electrons. The predicted molar refractivity (Wildman–Crippen MR) is 92.0 cm³/mol. The third kappa shape index (κ3) is 3.13. The predicted octanol–water partition coefficient (Wildman–Crippen LogP) is 2.19. The van der Waals surface area contributed by atoms with Crippen LogP contribution in [0.25, 0.3) is 20.3 Å². The van der Waals surface area contributed by atoms with E-state index in [0.717, 1.165) is 25.3 Å². The first-order valence-corrected chi connectivity index (χ1v) is 8.64. The van der Waals surface area contributed by atoms with Crippen LogP contribution in [0.4, 0.5) is 0 Å². The summed E-state index contributed by atoms with van der Waals surface area (Å²) in [5, 5.41) is 6.38. The van der Waals surface area contributed by atoms with Crippen molar-refractivity contribution in [2.24, 2.45) is 5.73 Å². The van der Waals surface area contributed by atoms with E-state index in [1.165, 1.54) is 6.92 Å². The Balaban J connectivity index is 1.83. The van der Waals surface area contributed by atoms with Gasteiger partial charge in [-0.1, -0.05) is 0 Å². The van der Waals surface area contributed by atoms with Crippen molar-refractivity contribution in [2.45, 2.75) is 19.9 Å². The van der Waals surface area contributed by atoms with E-state index in [4.69, 9.17) is 10.5 Å². The monoisotopic (exact) mass is 349 g/mol. The number of amides is 2. The lowest BCUT2D eigenvalue weighted by Gasteiger charge is -2.11. The highest BCUT2D eigenvalue weighted by Gasteiger charge is 2.15. The topological polar surface area (TPSA) is 94.3 Å². The van der Waals surface area contributed by atoms with Crippen LogP contribution < -0.4 is 15.8 Å². The smallest absolute Gasteiger partial charge is 0.258 e. The highest BCUT2D eigenvalue weighted by Crippen LogP contribution is 2.38. The molecule has 0 aliphatic rings. The molecule has 0 unspecified atom stereocenters. The van der Waals surface area contributed by atoms with Crippen LogP contribution in [-0.2, 0) is 9.59 Å². The number of nitrogens with two attached hydrogens (primary N) is 1. The average Bonchev–Trinajstić information content (AvgIpc) is 3.09. The van der Waals surface area contributed by atoms with Crippen LogP contribution in [0.15, 0.2) is 17.5 Å². The Kier molecular flexibility index (Phi) is 4.18. The molecule has 0 aliphatic carbocycles. The Morgan fingerprint density at radius 2 is 2.26 bits per heavy atom. The first-order valence-electron chi connectivity index (χ1n) is 6.94. The number of hydrogen-bond donors (Lipinski definition) is 2. The second kappa shape index (κ2) is 6.13. The summed E-state index contributed by atoms with van der Waals surface area (Å²) >= 11 is 3.18. The quantitative estimate of drug-likeness (QED) is 0.738. The van der Waals surface area contributed by atoms with E-state index in [0.29, 0.717) is 5.75 Å². The highest BCUT2D eigenvalue weighted by atomic mass is 32.1. The fraction of sp³-hybridized carbons (Fsp3) is 0.267. The van der Waals surface area contributed by atoms with Crippen molar-refractivity contribution >= 4 is 54.8 Å². The van der Waals surface area contributed by atoms with Gasteiger partial charge in [-0.3, -0.25) is 9.59 Å². The van der Waals surface area contributed by atoms with Crippen LogP contribution in [0, 0.1) is 6.92 Å². The minimum atomic E-state index is -0.723. The van der Waals surface area contributed by atoms with E-state index >= 15 is 0 Å². The molecule has 3 aromatic rings. The van der Waals surface area contributed by atoms with Gasteiger partial charge in [0, 0.05) is 11.5 Å². The lowest BCUT2D eigenvalue weighted by Crippen LogP contribution is -2.44. The number of carbonyl (C=O) groups excluding carboxylic acids is 2. The van der Waals surface area contributed by atoms with Crippen molar-refractivity contribution in [3.8, 4) is 5.75 Å². The summed E-state index contributed by atoms with van der Waals surface area (Å²) in [5.41, 5.74) is 6.09. The molecule has 6 nitrogen and oxygen atoms in total. The Labute approximate surface area is 140 Å². The van der Waals surface area contributed by atoms with Gasteiger partial charge in [-0.15, -0.1) is 22.7 Å². The van der Waals surface area contributed by atoms with Gasteiger partial charge in [0.05, 0.1) is 19.9 Å².